The first-order valence-electron chi connectivity index (χ1n) is 5.72. The van der Waals surface area contributed by atoms with Crippen molar-refractivity contribution in [3.05, 3.63) is 24.0 Å². The zero-order valence-electron chi connectivity index (χ0n) is 10.7. The highest BCUT2D eigenvalue weighted by Crippen LogP contribution is 2.22. The summed E-state index contributed by atoms with van der Waals surface area (Å²) in [6.45, 7) is 5.75. The number of rotatable bonds is 6. The molecule has 0 saturated carbocycles. The number of methoxy groups -OCH3 is 1. The predicted octanol–water partition coefficient (Wildman–Crippen LogP) is 2.88. The maximum Gasteiger partial charge on any atom is 0.127 e. The van der Waals surface area contributed by atoms with Crippen molar-refractivity contribution >= 4 is 11.4 Å². The zero-order chi connectivity index (χ0) is 12.9. The monoisotopic (exact) mass is 240 g/mol. The van der Waals surface area contributed by atoms with Crippen molar-refractivity contribution in [3.63, 3.8) is 0 Å². The SMILES string of the molecule is COCCC(C)(C)CNc1cc(N)cc(F)c1. The molecule has 0 heterocycles. The summed E-state index contributed by atoms with van der Waals surface area (Å²) in [5, 5.41) is 3.20. The van der Waals surface area contributed by atoms with Crippen molar-refractivity contribution in [3.8, 4) is 0 Å². The van der Waals surface area contributed by atoms with Crippen molar-refractivity contribution < 1.29 is 9.13 Å². The van der Waals surface area contributed by atoms with Gasteiger partial charge < -0.3 is 15.8 Å². The third-order valence-corrected chi connectivity index (χ3v) is 2.67. The summed E-state index contributed by atoms with van der Waals surface area (Å²) in [7, 11) is 1.69. The smallest absolute Gasteiger partial charge is 0.127 e. The van der Waals surface area contributed by atoms with Crippen molar-refractivity contribution in [1.82, 2.24) is 0 Å². The molecule has 0 bridgehead atoms. The summed E-state index contributed by atoms with van der Waals surface area (Å²) in [5.74, 6) is -0.317. The highest BCUT2D eigenvalue weighted by atomic mass is 19.1. The van der Waals surface area contributed by atoms with E-state index in [0.717, 1.165) is 19.6 Å². The lowest BCUT2D eigenvalue weighted by Crippen LogP contribution is -2.24. The van der Waals surface area contributed by atoms with Crippen LogP contribution < -0.4 is 11.1 Å². The molecule has 0 saturated heterocycles. The number of hydrogen-bond acceptors (Lipinski definition) is 3. The van der Waals surface area contributed by atoms with Gasteiger partial charge in [0.2, 0.25) is 0 Å². The standard InChI is InChI=1S/C13H21FN2O/c1-13(2,4-5-17-3)9-16-12-7-10(14)6-11(15)8-12/h6-8,16H,4-5,9,15H2,1-3H3. The third-order valence-electron chi connectivity index (χ3n) is 2.67. The molecular formula is C13H21FN2O. The molecular weight excluding hydrogens is 219 g/mol. The van der Waals surface area contributed by atoms with Crippen LogP contribution in [-0.2, 0) is 4.74 Å². The lowest BCUT2D eigenvalue weighted by Gasteiger charge is -2.25. The minimum absolute atomic E-state index is 0.0943. The van der Waals surface area contributed by atoms with E-state index in [-0.39, 0.29) is 11.2 Å². The molecule has 0 unspecified atom stereocenters. The molecule has 0 spiro atoms. The molecule has 0 aliphatic carbocycles. The average molecular weight is 240 g/mol. The van der Waals surface area contributed by atoms with Crippen LogP contribution in [0.2, 0.25) is 0 Å². The number of nitrogens with two attached hydrogens (primary N) is 1. The van der Waals surface area contributed by atoms with Crippen LogP contribution in [0.3, 0.4) is 0 Å². The molecule has 0 aromatic heterocycles. The normalized spacial score (nSPS) is 11.5. The Balaban J connectivity index is 2.54. The van der Waals surface area contributed by atoms with E-state index in [1.54, 1.807) is 13.2 Å². The Kier molecular flexibility index (Phi) is 4.75. The van der Waals surface area contributed by atoms with Gasteiger partial charge in [0.25, 0.3) is 0 Å². The lowest BCUT2D eigenvalue weighted by molar-refractivity contribution is 0.157. The van der Waals surface area contributed by atoms with Crippen molar-refractivity contribution in [1.29, 1.82) is 0 Å². The summed E-state index contributed by atoms with van der Waals surface area (Å²) in [6.07, 6.45) is 0.946. The first-order chi connectivity index (χ1) is 7.93. The van der Waals surface area contributed by atoms with Crippen LogP contribution in [0.15, 0.2) is 18.2 Å². The molecule has 1 aromatic carbocycles. The molecule has 17 heavy (non-hydrogen) atoms. The fraction of sp³-hybridized carbons (Fsp3) is 0.538. The summed E-state index contributed by atoms with van der Waals surface area (Å²) in [6, 6.07) is 4.49. The number of ether oxygens (including phenoxy) is 1. The molecule has 1 rings (SSSR count). The van der Waals surface area contributed by atoms with Crippen molar-refractivity contribution in [2.75, 3.05) is 31.3 Å². The Morgan fingerprint density at radius 1 is 1.35 bits per heavy atom. The fourth-order valence-electron chi connectivity index (χ4n) is 1.52. The van der Waals surface area contributed by atoms with E-state index < -0.39 is 0 Å². The highest BCUT2D eigenvalue weighted by Gasteiger charge is 2.17. The van der Waals surface area contributed by atoms with Gasteiger partial charge in [-0.05, 0) is 30.0 Å². The van der Waals surface area contributed by atoms with Gasteiger partial charge >= 0.3 is 0 Å². The quantitative estimate of drug-likeness (QED) is 0.752. The van der Waals surface area contributed by atoms with Crippen molar-refractivity contribution in [2.24, 2.45) is 5.41 Å². The Hall–Kier alpha value is -1.29. The van der Waals surface area contributed by atoms with Crippen LogP contribution in [0.4, 0.5) is 15.8 Å². The van der Waals surface area contributed by atoms with Gasteiger partial charge in [-0.25, -0.2) is 4.39 Å². The number of nitrogen functional groups attached to an aromatic ring is 1. The first kappa shape index (κ1) is 13.8. The second kappa shape index (κ2) is 5.87. The molecule has 4 heteroatoms. The predicted molar refractivity (Wildman–Crippen MR) is 69.6 cm³/mol. The molecule has 0 fully saturated rings. The molecule has 3 nitrogen and oxygen atoms in total. The van der Waals surface area contributed by atoms with Gasteiger partial charge in [0.05, 0.1) is 0 Å². The van der Waals surface area contributed by atoms with Gasteiger partial charge in [0.1, 0.15) is 5.82 Å². The number of anilines is 2. The first-order valence-corrected chi connectivity index (χ1v) is 5.72. The van der Waals surface area contributed by atoms with Gasteiger partial charge in [0.15, 0.2) is 0 Å². The molecule has 0 radical (unpaired) electrons. The third kappa shape index (κ3) is 5.04. The molecule has 0 amide bonds. The van der Waals surface area contributed by atoms with Crippen LogP contribution in [0.25, 0.3) is 0 Å². The molecule has 1 aromatic rings. The van der Waals surface area contributed by atoms with E-state index in [4.69, 9.17) is 10.5 Å². The van der Waals surface area contributed by atoms with Gasteiger partial charge in [-0.1, -0.05) is 13.8 Å². The number of benzene rings is 1. The number of halogens is 1. The van der Waals surface area contributed by atoms with E-state index in [2.05, 4.69) is 19.2 Å². The topological polar surface area (TPSA) is 47.3 Å². The highest BCUT2D eigenvalue weighted by molar-refractivity contribution is 5.54. The Morgan fingerprint density at radius 2 is 2.06 bits per heavy atom. The lowest BCUT2D eigenvalue weighted by atomic mass is 9.89. The maximum atomic E-state index is 13.1. The summed E-state index contributed by atoms with van der Waals surface area (Å²) >= 11 is 0. The molecule has 0 aliphatic rings. The average Bonchev–Trinajstić information content (AvgIpc) is 2.23. The van der Waals surface area contributed by atoms with Gasteiger partial charge in [-0.3, -0.25) is 0 Å². The van der Waals surface area contributed by atoms with E-state index >= 15 is 0 Å². The Bertz CT molecular complexity index is 346. The Morgan fingerprint density at radius 3 is 2.65 bits per heavy atom. The molecule has 0 aliphatic heterocycles. The van der Waals surface area contributed by atoms with Gasteiger partial charge in [0, 0.05) is 31.6 Å². The Labute approximate surface area is 102 Å². The van der Waals surface area contributed by atoms with E-state index in [9.17, 15) is 4.39 Å². The molecule has 96 valence electrons. The second-order valence-electron chi connectivity index (χ2n) is 5.03. The van der Waals surface area contributed by atoms with Gasteiger partial charge in [-0.2, -0.15) is 0 Å². The minimum Gasteiger partial charge on any atom is -0.399 e. The molecule has 3 N–H and O–H groups in total. The largest absolute Gasteiger partial charge is 0.399 e. The van der Waals surface area contributed by atoms with Crippen LogP contribution in [0.5, 0.6) is 0 Å². The van der Waals surface area contributed by atoms with Gasteiger partial charge in [-0.15, -0.1) is 0 Å². The number of hydrogen-bond donors (Lipinski definition) is 2. The maximum absolute atomic E-state index is 13.1. The fourth-order valence-corrected chi connectivity index (χ4v) is 1.52. The summed E-state index contributed by atoms with van der Waals surface area (Å²) < 4.78 is 18.2. The number of nitrogens with one attached hydrogen (secondary N) is 1. The second-order valence-corrected chi connectivity index (χ2v) is 5.03. The van der Waals surface area contributed by atoms with E-state index in [1.165, 1.54) is 12.1 Å². The summed E-state index contributed by atoms with van der Waals surface area (Å²) in [5.41, 5.74) is 6.82. The van der Waals surface area contributed by atoms with Crippen LogP contribution >= 0.6 is 0 Å². The van der Waals surface area contributed by atoms with Crippen LogP contribution in [0.1, 0.15) is 20.3 Å². The summed E-state index contributed by atoms with van der Waals surface area (Å²) in [4.78, 5) is 0. The van der Waals surface area contributed by atoms with E-state index in [0.29, 0.717) is 11.4 Å². The molecule has 0 atom stereocenters. The van der Waals surface area contributed by atoms with Crippen molar-refractivity contribution in [2.45, 2.75) is 20.3 Å². The van der Waals surface area contributed by atoms with Crippen LogP contribution in [-0.4, -0.2) is 20.3 Å². The zero-order valence-corrected chi connectivity index (χ0v) is 10.7. The van der Waals surface area contributed by atoms with Crippen LogP contribution in [0, 0.1) is 11.2 Å². The minimum atomic E-state index is -0.317. The van der Waals surface area contributed by atoms with E-state index in [1.807, 2.05) is 0 Å².